The molecule has 0 aromatic carbocycles. The summed E-state index contributed by atoms with van der Waals surface area (Å²) >= 11 is 0. The van der Waals surface area contributed by atoms with Crippen LogP contribution < -0.4 is 10.6 Å². The quantitative estimate of drug-likeness (QED) is 0.806. The molecule has 0 saturated carbocycles. The zero-order valence-corrected chi connectivity index (χ0v) is 10.9. The number of carboxylic acids is 1. The van der Waals surface area contributed by atoms with Gasteiger partial charge in [-0.15, -0.1) is 0 Å². The average molecular weight is 264 g/mol. The third-order valence-corrected chi connectivity index (χ3v) is 3.49. The Morgan fingerprint density at radius 3 is 2.74 bits per heavy atom. The summed E-state index contributed by atoms with van der Waals surface area (Å²) in [6, 6.07) is 0. The van der Waals surface area contributed by atoms with Crippen molar-refractivity contribution in [3.8, 4) is 0 Å². The van der Waals surface area contributed by atoms with Crippen molar-refractivity contribution in [1.82, 2.24) is 9.97 Å². The molecule has 2 heterocycles. The Hall–Kier alpha value is -2.18. The van der Waals surface area contributed by atoms with E-state index in [1.165, 1.54) is 6.20 Å². The van der Waals surface area contributed by atoms with Gasteiger partial charge >= 0.3 is 5.97 Å². The van der Waals surface area contributed by atoms with E-state index in [-0.39, 0.29) is 11.5 Å². The largest absolute Gasteiger partial charge is 0.477 e. The zero-order chi connectivity index (χ0) is 14.2. The molecule has 1 atom stereocenters. The Morgan fingerprint density at radius 2 is 2.21 bits per heavy atom. The third kappa shape index (κ3) is 2.35. The molecule has 1 fully saturated rings. The third-order valence-electron chi connectivity index (χ3n) is 3.49. The van der Waals surface area contributed by atoms with Crippen molar-refractivity contribution < 1.29 is 14.7 Å². The summed E-state index contributed by atoms with van der Waals surface area (Å²) < 4.78 is 0. The first-order valence-corrected chi connectivity index (χ1v) is 5.95. The molecular formula is C12H16N4O3. The average Bonchev–Trinajstić information content (AvgIpc) is 2.73. The molecule has 0 radical (unpaired) electrons. The lowest BCUT2D eigenvalue weighted by atomic mass is 9.89. The predicted octanol–water partition coefficient (Wildman–Crippen LogP) is 0.185. The maximum Gasteiger partial charge on any atom is 0.341 e. The van der Waals surface area contributed by atoms with Gasteiger partial charge in [0.05, 0.1) is 5.41 Å². The van der Waals surface area contributed by atoms with E-state index in [4.69, 9.17) is 10.8 Å². The van der Waals surface area contributed by atoms with Crippen LogP contribution in [-0.4, -0.2) is 40.0 Å². The number of carbonyl (C=O) groups is 2. The number of amides is 1. The number of aryl methyl sites for hydroxylation is 1. The van der Waals surface area contributed by atoms with Gasteiger partial charge in [0, 0.05) is 19.3 Å². The number of carboxylic acid groups (broad SMARTS) is 1. The van der Waals surface area contributed by atoms with Crippen LogP contribution in [0.1, 0.15) is 29.5 Å². The highest BCUT2D eigenvalue weighted by Crippen LogP contribution is 2.33. The minimum absolute atomic E-state index is 0.0410. The summed E-state index contributed by atoms with van der Waals surface area (Å²) in [7, 11) is 0. The molecule has 1 amide bonds. The van der Waals surface area contributed by atoms with Crippen LogP contribution in [0.3, 0.4) is 0 Å². The maximum atomic E-state index is 11.4. The molecule has 7 heteroatoms. The summed E-state index contributed by atoms with van der Waals surface area (Å²) in [6.07, 6.45) is 1.88. The highest BCUT2D eigenvalue weighted by molar-refractivity contribution is 5.93. The molecule has 0 aliphatic carbocycles. The van der Waals surface area contributed by atoms with Gasteiger partial charge < -0.3 is 15.7 Å². The fourth-order valence-corrected chi connectivity index (χ4v) is 2.19. The molecule has 1 aliphatic heterocycles. The van der Waals surface area contributed by atoms with E-state index >= 15 is 0 Å². The number of aromatic nitrogens is 2. The molecule has 3 N–H and O–H groups in total. The predicted molar refractivity (Wildman–Crippen MR) is 67.9 cm³/mol. The van der Waals surface area contributed by atoms with Crippen LogP contribution in [-0.2, 0) is 4.79 Å². The maximum absolute atomic E-state index is 11.4. The topological polar surface area (TPSA) is 109 Å². The Labute approximate surface area is 110 Å². The minimum Gasteiger partial charge on any atom is -0.477 e. The Kier molecular flexibility index (Phi) is 3.13. The molecule has 0 spiro atoms. The second kappa shape index (κ2) is 4.49. The molecule has 1 unspecified atom stereocenters. The second-order valence-electron chi connectivity index (χ2n) is 5.06. The van der Waals surface area contributed by atoms with Crippen LogP contribution in [0, 0.1) is 12.3 Å². The van der Waals surface area contributed by atoms with Gasteiger partial charge in [-0.2, -0.15) is 0 Å². The standard InChI is InChI=1S/C12H16N4O3/c1-7-14-5-8(10(17)18)9(15-7)16-4-3-12(2,6-16)11(13)19/h5H,3-4,6H2,1-2H3,(H2,13,19)(H,17,18). The van der Waals surface area contributed by atoms with Crippen LogP contribution in [0.5, 0.6) is 0 Å². The number of nitrogens with zero attached hydrogens (tertiary/aromatic N) is 3. The van der Waals surface area contributed by atoms with Crippen LogP contribution in [0.2, 0.25) is 0 Å². The molecule has 19 heavy (non-hydrogen) atoms. The van der Waals surface area contributed by atoms with Gasteiger partial charge in [-0.1, -0.05) is 0 Å². The van der Waals surface area contributed by atoms with Crippen LogP contribution in [0.15, 0.2) is 6.20 Å². The highest BCUT2D eigenvalue weighted by atomic mass is 16.4. The van der Waals surface area contributed by atoms with Gasteiger partial charge in [0.15, 0.2) is 0 Å². The zero-order valence-electron chi connectivity index (χ0n) is 10.9. The molecule has 7 nitrogen and oxygen atoms in total. The molecular weight excluding hydrogens is 248 g/mol. The van der Waals surface area contributed by atoms with Crippen molar-refractivity contribution in [3.63, 3.8) is 0 Å². The summed E-state index contributed by atoms with van der Waals surface area (Å²) in [5.74, 6) is -0.613. The normalized spacial score (nSPS) is 22.5. The fraction of sp³-hybridized carbons (Fsp3) is 0.500. The summed E-state index contributed by atoms with van der Waals surface area (Å²) in [4.78, 5) is 32.5. The van der Waals surface area contributed by atoms with Gasteiger partial charge in [0.2, 0.25) is 5.91 Å². The van der Waals surface area contributed by atoms with Crippen LogP contribution in [0.25, 0.3) is 0 Å². The van der Waals surface area contributed by atoms with Gasteiger partial charge in [-0.05, 0) is 20.3 Å². The Balaban J connectivity index is 2.36. The number of primary amides is 1. The summed E-state index contributed by atoms with van der Waals surface area (Å²) in [6.45, 7) is 4.40. The summed E-state index contributed by atoms with van der Waals surface area (Å²) in [5, 5.41) is 9.16. The number of hydrogen-bond acceptors (Lipinski definition) is 5. The van der Waals surface area contributed by atoms with E-state index in [1.54, 1.807) is 18.7 Å². The first-order chi connectivity index (χ1) is 8.83. The lowest BCUT2D eigenvalue weighted by molar-refractivity contribution is -0.125. The lowest BCUT2D eigenvalue weighted by Gasteiger charge is -2.22. The van der Waals surface area contributed by atoms with Gasteiger partial charge in [-0.25, -0.2) is 14.8 Å². The number of anilines is 1. The SMILES string of the molecule is Cc1ncc(C(=O)O)c(N2CCC(C)(C(N)=O)C2)n1. The number of aromatic carboxylic acids is 1. The number of rotatable bonds is 3. The number of carbonyl (C=O) groups excluding carboxylic acids is 1. The van der Waals surface area contributed by atoms with E-state index in [0.29, 0.717) is 31.2 Å². The molecule has 1 saturated heterocycles. The van der Waals surface area contributed by atoms with Crippen LogP contribution >= 0.6 is 0 Å². The smallest absolute Gasteiger partial charge is 0.341 e. The first-order valence-electron chi connectivity index (χ1n) is 5.95. The van der Waals surface area contributed by atoms with Crippen molar-refractivity contribution in [2.45, 2.75) is 20.3 Å². The number of nitrogens with two attached hydrogens (primary N) is 1. The van der Waals surface area contributed by atoms with Crippen molar-refractivity contribution in [2.24, 2.45) is 11.1 Å². The van der Waals surface area contributed by atoms with Gasteiger partial charge in [0.1, 0.15) is 17.2 Å². The Bertz CT molecular complexity index is 546. The van der Waals surface area contributed by atoms with Crippen molar-refractivity contribution >= 4 is 17.7 Å². The van der Waals surface area contributed by atoms with E-state index in [9.17, 15) is 9.59 Å². The second-order valence-corrected chi connectivity index (χ2v) is 5.06. The molecule has 1 aromatic rings. The molecule has 1 aliphatic rings. The molecule has 102 valence electrons. The highest BCUT2D eigenvalue weighted by Gasteiger charge is 2.40. The fourth-order valence-electron chi connectivity index (χ4n) is 2.19. The van der Waals surface area contributed by atoms with Gasteiger partial charge in [0.25, 0.3) is 0 Å². The minimum atomic E-state index is -1.08. The lowest BCUT2D eigenvalue weighted by Crippen LogP contribution is -2.37. The number of hydrogen-bond donors (Lipinski definition) is 2. The van der Waals surface area contributed by atoms with E-state index < -0.39 is 11.4 Å². The van der Waals surface area contributed by atoms with E-state index in [0.717, 1.165) is 0 Å². The van der Waals surface area contributed by atoms with Gasteiger partial charge in [-0.3, -0.25) is 4.79 Å². The molecule has 1 aromatic heterocycles. The molecule has 0 bridgehead atoms. The first kappa shape index (κ1) is 13.3. The van der Waals surface area contributed by atoms with E-state index in [1.807, 2.05) is 0 Å². The van der Waals surface area contributed by atoms with Crippen molar-refractivity contribution in [1.29, 1.82) is 0 Å². The van der Waals surface area contributed by atoms with Crippen molar-refractivity contribution in [2.75, 3.05) is 18.0 Å². The monoisotopic (exact) mass is 264 g/mol. The van der Waals surface area contributed by atoms with E-state index in [2.05, 4.69) is 9.97 Å². The Morgan fingerprint density at radius 1 is 1.53 bits per heavy atom. The van der Waals surface area contributed by atoms with Crippen LogP contribution in [0.4, 0.5) is 5.82 Å². The molecule has 2 rings (SSSR count). The summed E-state index contributed by atoms with van der Waals surface area (Å²) in [5.41, 5.74) is 4.78. The van der Waals surface area contributed by atoms with Crippen molar-refractivity contribution in [3.05, 3.63) is 17.6 Å².